The zero-order valence-electron chi connectivity index (χ0n) is 9.62. The van der Waals surface area contributed by atoms with Crippen LogP contribution >= 0.6 is 11.8 Å². The van der Waals surface area contributed by atoms with Crippen LogP contribution in [0.2, 0.25) is 0 Å². The van der Waals surface area contributed by atoms with E-state index < -0.39 is 5.97 Å². The van der Waals surface area contributed by atoms with Crippen LogP contribution in [0.3, 0.4) is 0 Å². The maximum absolute atomic E-state index is 10.9. The van der Waals surface area contributed by atoms with Gasteiger partial charge in [-0.1, -0.05) is 19.3 Å². The number of aliphatic carboxylic acids is 1. The number of carbonyl (C=O) groups excluding carboxylic acids is 1. The highest BCUT2D eigenvalue weighted by Gasteiger charge is 2.34. The monoisotopic (exact) mass is 245 g/mol. The number of carbonyl (C=O) groups is 2. The van der Waals surface area contributed by atoms with Gasteiger partial charge < -0.3 is 10.4 Å². The van der Waals surface area contributed by atoms with Gasteiger partial charge in [0.05, 0.1) is 12.3 Å². The number of rotatable bonds is 5. The molecule has 1 fully saturated rings. The van der Waals surface area contributed by atoms with E-state index in [1.807, 2.05) is 0 Å². The molecule has 5 heteroatoms. The molecule has 1 aliphatic rings. The highest BCUT2D eigenvalue weighted by Crippen LogP contribution is 2.42. The summed E-state index contributed by atoms with van der Waals surface area (Å²) < 4.78 is -0.160. The van der Waals surface area contributed by atoms with Crippen LogP contribution in [0.25, 0.3) is 0 Å². The average Bonchev–Trinajstić information content (AvgIpc) is 2.17. The van der Waals surface area contributed by atoms with Crippen molar-refractivity contribution in [3.8, 4) is 0 Å². The van der Waals surface area contributed by atoms with E-state index in [-0.39, 0.29) is 17.1 Å². The first kappa shape index (κ1) is 13.4. The smallest absolute Gasteiger partial charge is 0.304 e. The molecule has 4 nitrogen and oxygen atoms in total. The van der Waals surface area contributed by atoms with Crippen LogP contribution in [0.15, 0.2) is 0 Å². The van der Waals surface area contributed by atoms with Crippen LogP contribution in [0, 0.1) is 0 Å². The summed E-state index contributed by atoms with van der Waals surface area (Å²) in [7, 11) is 0. The SMILES string of the molecule is CC(=O)NCSC1(CC(=O)O)CCCCC1. The van der Waals surface area contributed by atoms with Gasteiger partial charge in [-0.25, -0.2) is 0 Å². The number of carboxylic acids is 1. The Balaban J connectivity index is 2.48. The number of nitrogens with one attached hydrogen (secondary N) is 1. The molecule has 1 saturated carbocycles. The second kappa shape index (κ2) is 6.13. The van der Waals surface area contributed by atoms with Gasteiger partial charge >= 0.3 is 5.97 Å². The Hall–Kier alpha value is -0.710. The van der Waals surface area contributed by atoms with Crippen molar-refractivity contribution in [1.29, 1.82) is 0 Å². The number of thioether (sulfide) groups is 1. The molecule has 0 bridgehead atoms. The molecule has 0 heterocycles. The highest BCUT2D eigenvalue weighted by atomic mass is 32.2. The third kappa shape index (κ3) is 4.43. The van der Waals surface area contributed by atoms with Crippen LogP contribution in [0.4, 0.5) is 0 Å². The van der Waals surface area contributed by atoms with Crippen molar-refractivity contribution in [1.82, 2.24) is 5.32 Å². The molecule has 1 aliphatic carbocycles. The van der Waals surface area contributed by atoms with Gasteiger partial charge in [0, 0.05) is 11.7 Å². The number of hydrogen-bond donors (Lipinski definition) is 2. The van der Waals surface area contributed by atoms with Crippen molar-refractivity contribution in [3.63, 3.8) is 0 Å². The Morgan fingerprint density at radius 2 is 1.94 bits per heavy atom. The molecular formula is C11H19NO3S. The maximum atomic E-state index is 10.9. The van der Waals surface area contributed by atoms with E-state index >= 15 is 0 Å². The summed E-state index contributed by atoms with van der Waals surface area (Å²) in [4.78, 5) is 21.6. The molecule has 0 aromatic heterocycles. The molecule has 0 aromatic rings. The first-order chi connectivity index (χ1) is 7.54. The Morgan fingerprint density at radius 3 is 2.44 bits per heavy atom. The molecule has 16 heavy (non-hydrogen) atoms. The summed E-state index contributed by atoms with van der Waals surface area (Å²) in [6.45, 7) is 1.48. The fourth-order valence-corrected chi connectivity index (χ4v) is 3.52. The summed E-state index contributed by atoms with van der Waals surface area (Å²) in [6, 6.07) is 0. The van der Waals surface area contributed by atoms with Crippen molar-refractivity contribution >= 4 is 23.6 Å². The third-order valence-corrected chi connectivity index (χ3v) is 4.39. The maximum Gasteiger partial charge on any atom is 0.304 e. The second-order valence-electron chi connectivity index (χ2n) is 4.34. The van der Waals surface area contributed by atoms with Crippen LogP contribution in [-0.4, -0.2) is 27.6 Å². The van der Waals surface area contributed by atoms with Gasteiger partial charge in [-0.2, -0.15) is 0 Å². The van der Waals surface area contributed by atoms with Crippen LogP contribution < -0.4 is 5.32 Å². The predicted molar refractivity (Wildman–Crippen MR) is 64.3 cm³/mol. The Morgan fingerprint density at radius 1 is 1.31 bits per heavy atom. The van der Waals surface area contributed by atoms with E-state index in [4.69, 9.17) is 5.11 Å². The van der Waals surface area contributed by atoms with Gasteiger partial charge in [0.25, 0.3) is 0 Å². The van der Waals surface area contributed by atoms with Crippen molar-refractivity contribution in [2.24, 2.45) is 0 Å². The van der Waals surface area contributed by atoms with Crippen LogP contribution in [0.5, 0.6) is 0 Å². The van der Waals surface area contributed by atoms with Crippen molar-refractivity contribution in [2.75, 3.05) is 5.88 Å². The van der Waals surface area contributed by atoms with E-state index in [0.717, 1.165) is 25.7 Å². The molecular weight excluding hydrogens is 226 g/mol. The third-order valence-electron chi connectivity index (χ3n) is 2.94. The lowest BCUT2D eigenvalue weighted by molar-refractivity contribution is -0.137. The van der Waals surface area contributed by atoms with E-state index in [2.05, 4.69) is 5.32 Å². The van der Waals surface area contributed by atoms with Crippen LogP contribution in [-0.2, 0) is 9.59 Å². The fourth-order valence-electron chi connectivity index (χ4n) is 2.13. The largest absolute Gasteiger partial charge is 0.481 e. The topological polar surface area (TPSA) is 66.4 Å². The summed E-state index contributed by atoms with van der Waals surface area (Å²) in [5.74, 6) is -0.284. The molecule has 0 unspecified atom stereocenters. The minimum atomic E-state index is -0.739. The first-order valence-electron chi connectivity index (χ1n) is 5.64. The van der Waals surface area contributed by atoms with E-state index in [0.29, 0.717) is 5.88 Å². The lowest BCUT2D eigenvalue weighted by Gasteiger charge is -2.35. The molecule has 1 amide bonds. The molecule has 0 spiro atoms. The van der Waals surface area contributed by atoms with Gasteiger partial charge in [0.15, 0.2) is 0 Å². The van der Waals surface area contributed by atoms with Crippen LogP contribution in [0.1, 0.15) is 45.4 Å². The van der Waals surface area contributed by atoms with Gasteiger partial charge in [-0.3, -0.25) is 9.59 Å². The first-order valence-corrected chi connectivity index (χ1v) is 6.63. The molecule has 1 rings (SSSR count). The van der Waals surface area contributed by atoms with Crippen molar-refractivity contribution in [3.05, 3.63) is 0 Å². The molecule has 0 atom stereocenters. The second-order valence-corrected chi connectivity index (χ2v) is 5.78. The van der Waals surface area contributed by atoms with Gasteiger partial charge in [-0.05, 0) is 12.8 Å². The molecule has 0 aliphatic heterocycles. The molecule has 92 valence electrons. The lowest BCUT2D eigenvalue weighted by atomic mass is 9.86. The highest BCUT2D eigenvalue weighted by molar-refractivity contribution is 8.00. The van der Waals surface area contributed by atoms with Crippen molar-refractivity contribution < 1.29 is 14.7 Å². The van der Waals surface area contributed by atoms with E-state index in [1.165, 1.54) is 13.3 Å². The molecule has 2 N–H and O–H groups in total. The number of carboxylic acid groups (broad SMARTS) is 1. The summed E-state index contributed by atoms with van der Waals surface area (Å²) in [5.41, 5.74) is 0. The minimum absolute atomic E-state index is 0.0613. The zero-order chi connectivity index (χ0) is 12.0. The predicted octanol–water partition coefficient (Wildman–Crippen LogP) is 1.99. The fraction of sp³-hybridized carbons (Fsp3) is 0.818. The normalized spacial score (nSPS) is 19.1. The Labute approximate surface area is 100 Å². The van der Waals surface area contributed by atoms with Gasteiger partial charge in [0.2, 0.25) is 5.91 Å². The van der Waals surface area contributed by atoms with Crippen molar-refractivity contribution in [2.45, 2.75) is 50.2 Å². The minimum Gasteiger partial charge on any atom is -0.481 e. The number of hydrogen-bond acceptors (Lipinski definition) is 3. The summed E-state index contributed by atoms with van der Waals surface area (Å²) >= 11 is 1.59. The Kier molecular flexibility index (Phi) is 5.12. The van der Waals surface area contributed by atoms with Gasteiger partial charge in [-0.15, -0.1) is 11.8 Å². The molecule has 0 radical (unpaired) electrons. The molecule has 0 saturated heterocycles. The van der Waals surface area contributed by atoms with E-state index in [9.17, 15) is 9.59 Å². The van der Waals surface area contributed by atoms with Gasteiger partial charge in [0.1, 0.15) is 0 Å². The standard InChI is InChI=1S/C11H19NO3S/c1-9(13)12-8-16-11(7-10(14)15)5-3-2-4-6-11/h2-8H2,1H3,(H,12,13)(H,14,15). The lowest BCUT2D eigenvalue weighted by Crippen LogP contribution is -2.33. The summed E-state index contributed by atoms with van der Waals surface area (Å²) in [5, 5.41) is 11.7. The quantitative estimate of drug-likeness (QED) is 0.727. The van der Waals surface area contributed by atoms with E-state index in [1.54, 1.807) is 11.8 Å². The number of amides is 1. The molecule has 0 aromatic carbocycles. The zero-order valence-corrected chi connectivity index (χ0v) is 10.4. The Bertz CT molecular complexity index is 262. The average molecular weight is 245 g/mol. The summed E-state index contributed by atoms with van der Waals surface area (Å²) in [6.07, 6.45) is 5.49.